The molecule has 1 saturated carbocycles. The Labute approximate surface area is 197 Å². The van der Waals surface area contributed by atoms with Gasteiger partial charge in [0.05, 0.1) is 12.0 Å². The van der Waals surface area contributed by atoms with Crippen molar-refractivity contribution >= 4 is 11.6 Å². The minimum atomic E-state index is -0.591. The van der Waals surface area contributed by atoms with Gasteiger partial charge in [-0.25, -0.2) is 4.39 Å². The van der Waals surface area contributed by atoms with Crippen molar-refractivity contribution in [3.05, 3.63) is 59.9 Å². The Kier molecular flexibility index (Phi) is 8.02. The van der Waals surface area contributed by atoms with Crippen LogP contribution >= 0.6 is 0 Å². The van der Waals surface area contributed by atoms with E-state index < -0.39 is 5.41 Å². The zero-order valence-electron chi connectivity index (χ0n) is 19.8. The van der Waals surface area contributed by atoms with Crippen LogP contribution in [0.5, 0.6) is 5.75 Å². The molecule has 1 saturated heterocycles. The van der Waals surface area contributed by atoms with Crippen LogP contribution in [0.2, 0.25) is 0 Å². The van der Waals surface area contributed by atoms with Crippen molar-refractivity contribution in [1.82, 2.24) is 4.90 Å². The molecule has 1 heterocycles. The molecule has 0 bridgehead atoms. The number of nitrogens with zero attached hydrogens (tertiary/aromatic N) is 1. The maximum Gasteiger partial charge on any atom is 0.235 e. The number of rotatable bonds is 8. The Hall–Kier alpha value is -2.40. The van der Waals surface area contributed by atoms with Gasteiger partial charge in [0.15, 0.2) is 0 Å². The Morgan fingerprint density at radius 3 is 2.45 bits per heavy atom. The highest BCUT2D eigenvalue weighted by Crippen LogP contribution is 2.40. The van der Waals surface area contributed by atoms with Crippen LogP contribution < -0.4 is 10.1 Å². The number of piperidine rings is 1. The third kappa shape index (κ3) is 5.94. The third-order valence-corrected chi connectivity index (χ3v) is 7.45. The molecule has 5 heteroatoms. The molecule has 33 heavy (non-hydrogen) atoms. The van der Waals surface area contributed by atoms with Gasteiger partial charge >= 0.3 is 0 Å². The first kappa shape index (κ1) is 23.7. The molecule has 0 aromatic heterocycles. The Bertz CT molecular complexity index is 891. The van der Waals surface area contributed by atoms with Gasteiger partial charge in [0.2, 0.25) is 5.91 Å². The predicted octanol–water partition coefficient (Wildman–Crippen LogP) is 6.31. The first-order valence-corrected chi connectivity index (χ1v) is 12.6. The van der Waals surface area contributed by atoms with Crippen molar-refractivity contribution in [1.29, 1.82) is 0 Å². The second-order valence-electron chi connectivity index (χ2n) is 9.71. The fraction of sp³-hybridized carbons (Fsp3) is 0.536. The van der Waals surface area contributed by atoms with Crippen LogP contribution in [0.25, 0.3) is 0 Å². The number of nitrogens with one attached hydrogen (secondary N) is 1. The monoisotopic (exact) mass is 452 g/mol. The first-order chi connectivity index (χ1) is 16.1. The van der Waals surface area contributed by atoms with Crippen LogP contribution in [-0.4, -0.2) is 36.5 Å². The van der Waals surface area contributed by atoms with Gasteiger partial charge in [-0.1, -0.05) is 37.8 Å². The summed E-state index contributed by atoms with van der Waals surface area (Å²) < 4.78 is 19.4. The van der Waals surface area contributed by atoms with Gasteiger partial charge in [-0.15, -0.1) is 0 Å². The summed E-state index contributed by atoms with van der Waals surface area (Å²) in [6, 6.07) is 14.8. The van der Waals surface area contributed by atoms with E-state index in [0.29, 0.717) is 12.6 Å². The van der Waals surface area contributed by atoms with Crippen LogP contribution in [-0.2, 0) is 10.2 Å². The largest absolute Gasteiger partial charge is 0.494 e. The number of hydrogen-bond donors (Lipinski definition) is 1. The van der Waals surface area contributed by atoms with E-state index in [9.17, 15) is 9.18 Å². The Morgan fingerprint density at radius 2 is 1.76 bits per heavy atom. The smallest absolute Gasteiger partial charge is 0.235 e. The average Bonchev–Trinajstić information content (AvgIpc) is 2.84. The Morgan fingerprint density at radius 1 is 1.03 bits per heavy atom. The summed E-state index contributed by atoms with van der Waals surface area (Å²) in [5, 5.41) is 3.11. The topological polar surface area (TPSA) is 41.6 Å². The van der Waals surface area contributed by atoms with E-state index in [-0.39, 0.29) is 11.7 Å². The number of halogens is 1. The van der Waals surface area contributed by atoms with Crippen LogP contribution in [0, 0.1) is 5.82 Å². The van der Waals surface area contributed by atoms with E-state index in [2.05, 4.69) is 17.1 Å². The van der Waals surface area contributed by atoms with Gasteiger partial charge < -0.3 is 15.0 Å². The van der Waals surface area contributed by atoms with E-state index in [1.54, 1.807) is 12.1 Å². The van der Waals surface area contributed by atoms with Crippen molar-refractivity contribution in [3.8, 4) is 5.75 Å². The summed E-state index contributed by atoms with van der Waals surface area (Å²) in [6.07, 6.45) is 9.71. The molecule has 1 aliphatic heterocycles. The number of likely N-dealkylation sites (tertiary alicyclic amines) is 1. The standard InChI is InChI=1S/C28H37FN2O2/c1-22-8-3-6-19-31(22)20-7-21-33-26-15-13-25(14-16-26)30-27(32)28(17-4-2-5-18-28)23-9-11-24(29)12-10-23/h9-16,22H,2-8,17-21H2,1H3,(H,30,32). The lowest BCUT2D eigenvalue weighted by atomic mass is 9.68. The summed E-state index contributed by atoms with van der Waals surface area (Å²) in [4.78, 5) is 16.0. The molecule has 1 amide bonds. The second kappa shape index (κ2) is 11.1. The molecule has 1 N–H and O–H groups in total. The van der Waals surface area contributed by atoms with Crippen molar-refractivity contribution in [2.75, 3.05) is 25.0 Å². The van der Waals surface area contributed by atoms with E-state index in [4.69, 9.17) is 4.74 Å². The molecule has 1 unspecified atom stereocenters. The molecule has 178 valence electrons. The van der Waals surface area contributed by atoms with Gasteiger partial charge in [0, 0.05) is 18.3 Å². The first-order valence-electron chi connectivity index (χ1n) is 12.6. The molecule has 2 aliphatic rings. The molecule has 0 radical (unpaired) electrons. The highest BCUT2D eigenvalue weighted by atomic mass is 19.1. The van der Waals surface area contributed by atoms with Gasteiger partial charge in [-0.3, -0.25) is 4.79 Å². The minimum Gasteiger partial charge on any atom is -0.494 e. The second-order valence-corrected chi connectivity index (χ2v) is 9.71. The lowest BCUT2D eigenvalue weighted by Crippen LogP contribution is -2.42. The fourth-order valence-electron chi connectivity index (χ4n) is 5.40. The minimum absolute atomic E-state index is 0.00173. The molecule has 2 aromatic carbocycles. The fourth-order valence-corrected chi connectivity index (χ4v) is 5.40. The van der Waals surface area contributed by atoms with Crippen LogP contribution in [0.3, 0.4) is 0 Å². The van der Waals surface area contributed by atoms with E-state index in [1.165, 1.54) is 37.9 Å². The summed E-state index contributed by atoms with van der Waals surface area (Å²) in [6.45, 7) is 5.30. The Balaban J connectivity index is 1.31. The van der Waals surface area contributed by atoms with E-state index in [1.807, 2.05) is 24.3 Å². The summed E-state index contributed by atoms with van der Waals surface area (Å²) in [5.74, 6) is 0.551. The molecule has 2 aromatic rings. The van der Waals surface area contributed by atoms with Crippen LogP contribution in [0.15, 0.2) is 48.5 Å². The number of ether oxygens (including phenoxy) is 1. The molecule has 2 fully saturated rings. The lowest BCUT2D eigenvalue weighted by molar-refractivity contribution is -0.122. The highest BCUT2D eigenvalue weighted by molar-refractivity contribution is 5.99. The number of anilines is 1. The van der Waals surface area contributed by atoms with Gasteiger partial charge in [-0.05, 0) is 87.5 Å². The molecule has 4 nitrogen and oxygen atoms in total. The molecule has 4 rings (SSSR count). The number of benzene rings is 2. The third-order valence-electron chi connectivity index (χ3n) is 7.45. The van der Waals surface area contributed by atoms with Crippen molar-refractivity contribution in [2.45, 2.75) is 76.2 Å². The van der Waals surface area contributed by atoms with Gasteiger partial charge in [-0.2, -0.15) is 0 Å². The van der Waals surface area contributed by atoms with Crippen LogP contribution in [0.1, 0.15) is 70.3 Å². The maximum atomic E-state index is 13.5. The van der Waals surface area contributed by atoms with E-state index >= 15 is 0 Å². The molecular formula is C28H37FN2O2. The lowest BCUT2D eigenvalue weighted by Gasteiger charge is -2.36. The predicted molar refractivity (Wildman–Crippen MR) is 131 cm³/mol. The number of carbonyl (C=O) groups excluding carboxylic acids is 1. The SMILES string of the molecule is CC1CCCCN1CCCOc1ccc(NC(=O)C2(c3ccc(F)cc3)CCCCC2)cc1. The zero-order valence-corrected chi connectivity index (χ0v) is 19.8. The van der Waals surface area contributed by atoms with Crippen molar-refractivity contribution in [2.24, 2.45) is 0 Å². The maximum absolute atomic E-state index is 13.5. The number of carbonyl (C=O) groups is 1. The zero-order chi connectivity index (χ0) is 23.1. The summed E-state index contributed by atoms with van der Waals surface area (Å²) in [7, 11) is 0. The summed E-state index contributed by atoms with van der Waals surface area (Å²) in [5.41, 5.74) is 1.08. The highest BCUT2D eigenvalue weighted by Gasteiger charge is 2.41. The molecule has 1 aliphatic carbocycles. The molecule has 1 atom stereocenters. The van der Waals surface area contributed by atoms with Gasteiger partial charge in [0.1, 0.15) is 11.6 Å². The normalized spacial score (nSPS) is 20.8. The van der Waals surface area contributed by atoms with Crippen LogP contribution in [0.4, 0.5) is 10.1 Å². The number of hydrogen-bond acceptors (Lipinski definition) is 3. The number of amides is 1. The average molecular weight is 453 g/mol. The summed E-state index contributed by atoms with van der Waals surface area (Å²) >= 11 is 0. The van der Waals surface area contributed by atoms with Gasteiger partial charge in [0.25, 0.3) is 0 Å². The quantitative estimate of drug-likeness (QED) is 0.477. The van der Waals surface area contributed by atoms with Crippen molar-refractivity contribution in [3.63, 3.8) is 0 Å². The molecule has 0 spiro atoms. The van der Waals surface area contributed by atoms with Crippen molar-refractivity contribution < 1.29 is 13.9 Å². The molecular weight excluding hydrogens is 415 g/mol. The van der Waals surface area contributed by atoms with E-state index in [0.717, 1.165) is 62.1 Å².